The number of aliphatic hydroxyl groups is 1. The smallest absolute Gasteiger partial charge is 0.326 e. The topological polar surface area (TPSA) is 198 Å². The number of aromatic nitrogens is 1. The third-order valence-electron chi connectivity index (χ3n) is 7.33. The Morgan fingerprint density at radius 1 is 1.05 bits per heavy atom. The summed E-state index contributed by atoms with van der Waals surface area (Å²) in [5.41, 5.74) is 8.58. The van der Waals surface area contributed by atoms with Crippen molar-refractivity contribution < 1.29 is 34.5 Å². The van der Waals surface area contributed by atoms with E-state index in [0.29, 0.717) is 12.0 Å². The number of likely N-dealkylation sites (tertiary alicyclic amines) is 1. The minimum Gasteiger partial charge on any atom is -0.508 e. The van der Waals surface area contributed by atoms with Gasteiger partial charge in [0.05, 0.1) is 12.1 Å². The highest BCUT2D eigenvalue weighted by molar-refractivity contribution is 5.95. The molecule has 4 rings (SSSR count). The molecule has 0 aliphatic carbocycles. The molecule has 3 amide bonds. The van der Waals surface area contributed by atoms with E-state index in [9.17, 15) is 34.5 Å². The standard InChI is InChI=1S/C29H35N5O7/c1-16(35)25(28(39)34-12-4-7-24(34)29(40)41)33-27(38)23(13-17-8-10-19(36)11-9-17)32-26(37)21(30)14-18-15-31-22-6-3-2-5-20(18)22/h2-3,5-6,8-11,15-16,21,23-25,31,35-36H,4,7,12-14,30H2,1H3,(H,32,37)(H,33,38)(H,40,41). The molecule has 41 heavy (non-hydrogen) atoms. The first-order valence-electron chi connectivity index (χ1n) is 13.5. The number of amides is 3. The zero-order valence-corrected chi connectivity index (χ0v) is 22.6. The second-order valence-corrected chi connectivity index (χ2v) is 10.4. The number of aromatic amines is 1. The first kappa shape index (κ1) is 29.6. The van der Waals surface area contributed by atoms with Crippen molar-refractivity contribution in [2.24, 2.45) is 5.73 Å². The molecule has 2 aromatic carbocycles. The normalized spacial score (nSPS) is 17.9. The average Bonchev–Trinajstić information content (AvgIpc) is 3.60. The largest absolute Gasteiger partial charge is 0.508 e. The summed E-state index contributed by atoms with van der Waals surface area (Å²) in [5, 5.41) is 35.6. The number of nitrogens with two attached hydrogens (primary N) is 1. The van der Waals surface area contributed by atoms with Crippen LogP contribution < -0.4 is 16.4 Å². The number of hydrogen-bond donors (Lipinski definition) is 7. The summed E-state index contributed by atoms with van der Waals surface area (Å²) in [4.78, 5) is 55.8. The fourth-order valence-corrected chi connectivity index (χ4v) is 5.09. The molecule has 5 unspecified atom stereocenters. The average molecular weight is 566 g/mol. The number of fused-ring (bicyclic) bond motifs is 1. The maximum absolute atomic E-state index is 13.5. The number of carbonyl (C=O) groups is 4. The Morgan fingerprint density at radius 2 is 1.76 bits per heavy atom. The summed E-state index contributed by atoms with van der Waals surface area (Å²) in [6.07, 6.45) is 1.39. The maximum Gasteiger partial charge on any atom is 0.326 e. The van der Waals surface area contributed by atoms with Gasteiger partial charge in [-0.05, 0) is 55.5 Å². The molecule has 1 aliphatic rings. The van der Waals surface area contributed by atoms with Gasteiger partial charge in [0.25, 0.3) is 0 Å². The second-order valence-electron chi connectivity index (χ2n) is 10.4. The number of phenols is 1. The fraction of sp³-hybridized carbons (Fsp3) is 0.379. The lowest BCUT2D eigenvalue weighted by atomic mass is 10.0. The van der Waals surface area contributed by atoms with E-state index in [2.05, 4.69) is 15.6 Å². The number of nitrogens with one attached hydrogen (secondary N) is 3. The van der Waals surface area contributed by atoms with E-state index in [4.69, 9.17) is 5.73 Å². The van der Waals surface area contributed by atoms with Gasteiger partial charge in [-0.2, -0.15) is 0 Å². The van der Waals surface area contributed by atoms with Crippen molar-refractivity contribution in [3.8, 4) is 5.75 Å². The number of carbonyl (C=O) groups excluding carboxylic acids is 3. The van der Waals surface area contributed by atoms with Gasteiger partial charge < -0.3 is 41.6 Å². The number of H-pyrrole nitrogens is 1. The summed E-state index contributed by atoms with van der Waals surface area (Å²) in [6.45, 7) is 1.50. The third kappa shape index (κ3) is 7.02. The van der Waals surface area contributed by atoms with Crippen LogP contribution in [-0.4, -0.2) is 85.7 Å². The van der Waals surface area contributed by atoms with Crippen LogP contribution in [0.3, 0.4) is 0 Å². The van der Waals surface area contributed by atoms with E-state index in [-0.39, 0.29) is 31.6 Å². The van der Waals surface area contributed by atoms with Crippen molar-refractivity contribution in [3.05, 3.63) is 65.9 Å². The van der Waals surface area contributed by atoms with Gasteiger partial charge in [0.15, 0.2) is 0 Å². The molecule has 1 fully saturated rings. The molecular formula is C29H35N5O7. The highest BCUT2D eigenvalue weighted by Gasteiger charge is 2.40. The Kier molecular flexibility index (Phi) is 9.25. The highest BCUT2D eigenvalue weighted by atomic mass is 16.4. The van der Waals surface area contributed by atoms with Gasteiger partial charge in [-0.1, -0.05) is 30.3 Å². The molecule has 8 N–H and O–H groups in total. The minimum absolute atomic E-state index is 0.000155. The second kappa shape index (κ2) is 12.8. The Labute approximate surface area is 236 Å². The Bertz CT molecular complexity index is 1400. The molecule has 0 saturated carbocycles. The van der Waals surface area contributed by atoms with Crippen LogP contribution in [0.1, 0.15) is 30.9 Å². The SMILES string of the molecule is CC(O)C(NC(=O)C(Cc1ccc(O)cc1)NC(=O)C(N)Cc1c[nH]c2ccccc12)C(=O)N1CCCC1C(=O)O. The molecule has 0 bridgehead atoms. The van der Waals surface area contributed by atoms with Crippen molar-refractivity contribution in [2.75, 3.05) is 6.54 Å². The van der Waals surface area contributed by atoms with Gasteiger partial charge in [-0.3, -0.25) is 14.4 Å². The van der Waals surface area contributed by atoms with Crippen LogP contribution in [0.15, 0.2) is 54.7 Å². The number of para-hydroxylation sites is 1. The van der Waals surface area contributed by atoms with E-state index in [1.165, 1.54) is 19.1 Å². The molecular weight excluding hydrogens is 530 g/mol. The van der Waals surface area contributed by atoms with Gasteiger partial charge in [0.2, 0.25) is 17.7 Å². The summed E-state index contributed by atoms with van der Waals surface area (Å²) in [6, 6.07) is 8.98. The number of phenolic OH excluding ortho intramolecular Hbond substituents is 1. The highest BCUT2D eigenvalue weighted by Crippen LogP contribution is 2.21. The van der Waals surface area contributed by atoms with Crippen molar-refractivity contribution in [3.63, 3.8) is 0 Å². The summed E-state index contributed by atoms with van der Waals surface area (Å²) < 4.78 is 0. The third-order valence-corrected chi connectivity index (χ3v) is 7.33. The molecule has 0 radical (unpaired) electrons. The number of benzene rings is 2. The number of aliphatic carboxylic acids is 1. The fourth-order valence-electron chi connectivity index (χ4n) is 5.09. The number of carboxylic acids is 1. The lowest BCUT2D eigenvalue weighted by Gasteiger charge is -2.30. The molecule has 1 aromatic heterocycles. The molecule has 1 aliphatic heterocycles. The van der Waals surface area contributed by atoms with Gasteiger partial charge in [-0.25, -0.2) is 4.79 Å². The first-order valence-corrected chi connectivity index (χ1v) is 13.5. The quantitative estimate of drug-likeness (QED) is 0.173. The lowest BCUT2D eigenvalue weighted by Crippen LogP contribution is -2.60. The van der Waals surface area contributed by atoms with Crippen LogP contribution in [0.5, 0.6) is 5.75 Å². The van der Waals surface area contributed by atoms with Gasteiger partial charge in [0.1, 0.15) is 23.9 Å². The molecule has 12 heteroatoms. The number of hydrogen-bond acceptors (Lipinski definition) is 7. The number of rotatable bonds is 11. The number of aromatic hydroxyl groups is 1. The van der Waals surface area contributed by atoms with E-state index < -0.39 is 54.0 Å². The number of nitrogens with zero attached hydrogens (tertiary/aromatic N) is 1. The maximum atomic E-state index is 13.5. The zero-order valence-electron chi connectivity index (χ0n) is 22.6. The Hall–Kier alpha value is -4.42. The number of carboxylic acid groups (broad SMARTS) is 1. The summed E-state index contributed by atoms with van der Waals surface area (Å²) in [7, 11) is 0. The lowest BCUT2D eigenvalue weighted by molar-refractivity contribution is -0.150. The van der Waals surface area contributed by atoms with Crippen LogP contribution in [0.25, 0.3) is 10.9 Å². The predicted octanol–water partition coefficient (Wildman–Crippen LogP) is 0.412. The Balaban J connectivity index is 1.51. The van der Waals surface area contributed by atoms with Crippen LogP contribution in [-0.2, 0) is 32.0 Å². The van der Waals surface area contributed by atoms with Crippen molar-refractivity contribution in [1.82, 2.24) is 20.5 Å². The minimum atomic E-state index is -1.43. The molecule has 2 heterocycles. The van der Waals surface area contributed by atoms with E-state index in [1.807, 2.05) is 24.3 Å². The van der Waals surface area contributed by atoms with E-state index in [1.54, 1.807) is 18.3 Å². The monoisotopic (exact) mass is 565 g/mol. The summed E-state index contributed by atoms with van der Waals surface area (Å²) in [5.74, 6) is -3.20. The van der Waals surface area contributed by atoms with Crippen molar-refractivity contribution in [2.45, 2.75) is 62.9 Å². The van der Waals surface area contributed by atoms with Crippen LogP contribution in [0.4, 0.5) is 0 Å². The van der Waals surface area contributed by atoms with Crippen molar-refractivity contribution in [1.29, 1.82) is 0 Å². The molecule has 5 atom stereocenters. The van der Waals surface area contributed by atoms with Crippen molar-refractivity contribution >= 4 is 34.6 Å². The van der Waals surface area contributed by atoms with Gasteiger partial charge in [0, 0.05) is 30.1 Å². The van der Waals surface area contributed by atoms with Gasteiger partial charge >= 0.3 is 5.97 Å². The van der Waals surface area contributed by atoms with Crippen LogP contribution in [0.2, 0.25) is 0 Å². The number of aliphatic hydroxyl groups excluding tert-OH is 1. The molecule has 218 valence electrons. The van der Waals surface area contributed by atoms with Gasteiger partial charge in [-0.15, -0.1) is 0 Å². The molecule has 3 aromatic rings. The first-order chi connectivity index (χ1) is 19.5. The van der Waals surface area contributed by atoms with Crippen LogP contribution in [0, 0.1) is 0 Å². The van der Waals surface area contributed by atoms with E-state index in [0.717, 1.165) is 21.4 Å². The Morgan fingerprint density at radius 3 is 2.44 bits per heavy atom. The molecule has 0 spiro atoms. The zero-order chi connectivity index (χ0) is 29.7. The molecule has 12 nitrogen and oxygen atoms in total. The predicted molar refractivity (Wildman–Crippen MR) is 150 cm³/mol. The van der Waals surface area contributed by atoms with Crippen LogP contribution >= 0.6 is 0 Å². The van der Waals surface area contributed by atoms with E-state index >= 15 is 0 Å². The molecule has 1 saturated heterocycles. The summed E-state index contributed by atoms with van der Waals surface area (Å²) >= 11 is 0.